The fraction of sp³-hybridized carbons (Fsp3) is 0.583. The number of aromatic nitrogens is 1. The molecule has 1 fully saturated rings. The second-order valence-corrected chi connectivity index (χ2v) is 8.47. The van der Waals surface area contributed by atoms with Gasteiger partial charge in [-0.2, -0.15) is 13.2 Å². The summed E-state index contributed by atoms with van der Waals surface area (Å²) < 4.78 is 42.0. The SMILES string of the molecule is COC(=O)Cc1csc(NC(=O)CC2(C(F)(F)F)SCCS2)n1. The average molecular weight is 386 g/mol. The molecule has 5 nitrogen and oxygen atoms in total. The van der Waals surface area contributed by atoms with Gasteiger partial charge in [0.15, 0.2) is 9.21 Å². The first kappa shape index (κ1) is 18.4. The van der Waals surface area contributed by atoms with E-state index >= 15 is 0 Å². The molecule has 1 aromatic rings. The molecule has 0 bridgehead atoms. The number of carbonyl (C=O) groups excluding carboxylic acids is 2. The number of ether oxygens (including phenoxy) is 1. The van der Waals surface area contributed by atoms with E-state index in [1.807, 2.05) is 0 Å². The van der Waals surface area contributed by atoms with E-state index in [0.717, 1.165) is 34.9 Å². The van der Waals surface area contributed by atoms with Crippen molar-refractivity contribution in [3.8, 4) is 0 Å². The number of hydrogen-bond donors (Lipinski definition) is 1. The van der Waals surface area contributed by atoms with Crippen molar-refractivity contribution in [1.29, 1.82) is 0 Å². The summed E-state index contributed by atoms with van der Waals surface area (Å²) in [6.45, 7) is 0. The van der Waals surface area contributed by atoms with Crippen molar-refractivity contribution in [2.24, 2.45) is 0 Å². The number of carbonyl (C=O) groups is 2. The number of nitrogens with one attached hydrogen (secondary N) is 1. The zero-order chi connectivity index (χ0) is 17.1. The van der Waals surface area contributed by atoms with Gasteiger partial charge in [-0.15, -0.1) is 34.9 Å². The Balaban J connectivity index is 1.98. The number of methoxy groups -OCH3 is 1. The molecular weight excluding hydrogens is 373 g/mol. The molecule has 0 unspecified atom stereocenters. The second kappa shape index (κ2) is 7.31. The van der Waals surface area contributed by atoms with Crippen LogP contribution < -0.4 is 5.32 Å². The number of rotatable bonds is 5. The van der Waals surface area contributed by atoms with Crippen LogP contribution in [-0.4, -0.2) is 45.7 Å². The van der Waals surface area contributed by atoms with Gasteiger partial charge in [0, 0.05) is 16.9 Å². The van der Waals surface area contributed by atoms with Crippen molar-refractivity contribution in [3.05, 3.63) is 11.1 Å². The lowest BCUT2D eigenvalue weighted by molar-refractivity contribution is -0.144. The molecule has 0 saturated carbocycles. The normalized spacial score (nSPS) is 17.0. The highest BCUT2D eigenvalue weighted by atomic mass is 32.2. The highest BCUT2D eigenvalue weighted by Crippen LogP contribution is 2.56. The van der Waals surface area contributed by atoms with E-state index < -0.39 is 28.6 Å². The first-order valence-electron chi connectivity index (χ1n) is 6.41. The fourth-order valence-corrected chi connectivity index (χ4v) is 5.54. The summed E-state index contributed by atoms with van der Waals surface area (Å²) >= 11 is 2.55. The minimum Gasteiger partial charge on any atom is -0.469 e. The standard InChI is InChI=1S/C12H13F3N2O3S3/c1-20-9(19)4-7-6-21-10(16-7)17-8(18)5-11(12(13,14)15)22-2-3-23-11/h6H,2-5H2,1H3,(H,16,17,18). The monoisotopic (exact) mass is 386 g/mol. The van der Waals surface area contributed by atoms with E-state index in [0.29, 0.717) is 17.2 Å². The van der Waals surface area contributed by atoms with E-state index in [1.165, 1.54) is 7.11 Å². The minimum atomic E-state index is -4.46. The molecule has 1 amide bonds. The number of thioether (sulfide) groups is 2. The Morgan fingerprint density at radius 2 is 2.04 bits per heavy atom. The van der Waals surface area contributed by atoms with Gasteiger partial charge in [0.25, 0.3) is 0 Å². The van der Waals surface area contributed by atoms with Crippen molar-refractivity contribution < 1.29 is 27.5 Å². The molecule has 0 aliphatic carbocycles. The lowest BCUT2D eigenvalue weighted by Crippen LogP contribution is -2.40. The Bertz CT molecular complexity index is 586. The van der Waals surface area contributed by atoms with Gasteiger partial charge in [0.1, 0.15) is 0 Å². The lowest BCUT2D eigenvalue weighted by Gasteiger charge is -2.28. The van der Waals surface area contributed by atoms with Crippen molar-refractivity contribution in [3.63, 3.8) is 0 Å². The van der Waals surface area contributed by atoms with E-state index in [9.17, 15) is 22.8 Å². The van der Waals surface area contributed by atoms with Crippen LogP contribution in [-0.2, 0) is 20.7 Å². The van der Waals surface area contributed by atoms with E-state index in [1.54, 1.807) is 5.38 Å². The van der Waals surface area contributed by atoms with E-state index in [-0.39, 0.29) is 11.6 Å². The van der Waals surface area contributed by atoms with Gasteiger partial charge < -0.3 is 10.1 Å². The Morgan fingerprint density at radius 3 is 2.61 bits per heavy atom. The van der Waals surface area contributed by atoms with Gasteiger partial charge in [0.2, 0.25) is 5.91 Å². The summed E-state index contributed by atoms with van der Waals surface area (Å²) in [6, 6.07) is 0. The van der Waals surface area contributed by atoms with Crippen LogP contribution in [0.3, 0.4) is 0 Å². The number of esters is 1. The van der Waals surface area contributed by atoms with Crippen LogP contribution in [0.2, 0.25) is 0 Å². The Hall–Kier alpha value is -0.940. The molecule has 2 heterocycles. The van der Waals surface area contributed by atoms with Gasteiger partial charge in [-0.25, -0.2) is 4.98 Å². The Morgan fingerprint density at radius 1 is 1.39 bits per heavy atom. The van der Waals surface area contributed by atoms with Gasteiger partial charge in [-0.3, -0.25) is 9.59 Å². The van der Waals surface area contributed by atoms with Crippen molar-refractivity contribution in [2.45, 2.75) is 23.1 Å². The predicted octanol–water partition coefficient (Wildman–Crippen LogP) is 2.93. The van der Waals surface area contributed by atoms with Crippen LogP contribution in [0.25, 0.3) is 0 Å². The van der Waals surface area contributed by atoms with Crippen LogP contribution >= 0.6 is 34.9 Å². The average Bonchev–Trinajstić information content (AvgIpc) is 3.08. The number of halogens is 3. The molecule has 23 heavy (non-hydrogen) atoms. The van der Waals surface area contributed by atoms with Crippen LogP contribution in [0, 0.1) is 0 Å². The molecule has 1 saturated heterocycles. The zero-order valence-electron chi connectivity index (χ0n) is 11.9. The molecule has 11 heteroatoms. The number of nitrogens with zero attached hydrogens (tertiary/aromatic N) is 1. The van der Waals surface area contributed by atoms with E-state index in [2.05, 4.69) is 15.0 Å². The number of hydrogen-bond acceptors (Lipinski definition) is 7. The molecule has 1 aromatic heterocycles. The smallest absolute Gasteiger partial charge is 0.412 e. The topological polar surface area (TPSA) is 68.3 Å². The molecule has 0 aromatic carbocycles. The van der Waals surface area contributed by atoms with Crippen LogP contribution in [0.5, 0.6) is 0 Å². The lowest BCUT2D eigenvalue weighted by atomic mass is 10.2. The first-order chi connectivity index (χ1) is 10.8. The van der Waals surface area contributed by atoms with Crippen LogP contribution in [0.15, 0.2) is 5.38 Å². The molecule has 0 radical (unpaired) electrons. The summed E-state index contributed by atoms with van der Waals surface area (Å²) in [5, 5.41) is 4.08. The first-order valence-corrected chi connectivity index (χ1v) is 9.26. The number of anilines is 1. The highest BCUT2D eigenvalue weighted by molar-refractivity contribution is 8.21. The van der Waals surface area contributed by atoms with Gasteiger partial charge in [-0.05, 0) is 0 Å². The fourth-order valence-electron chi connectivity index (χ4n) is 1.86. The quantitative estimate of drug-likeness (QED) is 0.785. The summed E-state index contributed by atoms with van der Waals surface area (Å²) in [5.41, 5.74) is 0.396. The number of thiazole rings is 1. The third kappa shape index (κ3) is 4.54. The van der Waals surface area contributed by atoms with Gasteiger partial charge in [0.05, 0.1) is 25.6 Å². The Kier molecular flexibility index (Phi) is 5.84. The number of alkyl halides is 3. The summed E-state index contributed by atoms with van der Waals surface area (Å²) in [7, 11) is 1.24. The molecule has 2 rings (SSSR count). The van der Waals surface area contributed by atoms with Crippen LogP contribution in [0.4, 0.5) is 18.3 Å². The molecule has 0 spiro atoms. The van der Waals surface area contributed by atoms with Crippen molar-refractivity contribution >= 4 is 51.9 Å². The molecule has 0 atom stereocenters. The summed E-state index contributed by atoms with van der Waals surface area (Å²) in [6.07, 6.45) is -5.19. The Labute approximate surface area is 142 Å². The molecule has 128 valence electrons. The molecule has 1 aliphatic heterocycles. The van der Waals surface area contributed by atoms with Gasteiger partial charge >= 0.3 is 12.1 Å². The third-order valence-electron chi connectivity index (χ3n) is 2.93. The van der Waals surface area contributed by atoms with Crippen LogP contribution in [0.1, 0.15) is 12.1 Å². The maximum absolute atomic E-state index is 13.2. The molecule has 1 N–H and O–H groups in total. The van der Waals surface area contributed by atoms with E-state index in [4.69, 9.17) is 0 Å². The van der Waals surface area contributed by atoms with Gasteiger partial charge in [-0.1, -0.05) is 0 Å². The van der Waals surface area contributed by atoms with Crippen molar-refractivity contribution in [2.75, 3.05) is 23.9 Å². The molecule has 1 aliphatic rings. The third-order valence-corrected chi connectivity index (χ3v) is 7.20. The second-order valence-electron chi connectivity index (χ2n) is 4.57. The molecular formula is C12H13F3N2O3S3. The van der Waals surface area contributed by atoms with Crippen molar-refractivity contribution in [1.82, 2.24) is 4.98 Å². The zero-order valence-corrected chi connectivity index (χ0v) is 14.4. The summed E-state index contributed by atoms with van der Waals surface area (Å²) in [5.74, 6) is -0.512. The maximum Gasteiger partial charge on any atom is 0.412 e. The summed E-state index contributed by atoms with van der Waals surface area (Å²) in [4.78, 5) is 27.1. The highest BCUT2D eigenvalue weighted by Gasteiger charge is 2.58. The minimum absolute atomic E-state index is 0.0545. The largest absolute Gasteiger partial charge is 0.469 e. The number of amides is 1. The predicted molar refractivity (Wildman–Crippen MR) is 84.8 cm³/mol. The maximum atomic E-state index is 13.2.